The lowest BCUT2D eigenvalue weighted by Crippen LogP contribution is -2.14. The maximum atomic E-state index is 12.3. The number of benzene rings is 1. The zero-order chi connectivity index (χ0) is 16.5. The van der Waals surface area contributed by atoms with Crippen LogP contribution in [0.15, 0.2) is 36.7 Å². The first-order chi connectivity index (χ1) is 11.2. The number of hydrogen-bond acceptors (Lipinski definition) is 5. The highest BCUT2D eigenvalue weighted by Gasteiger charge is 2.10. The summed E-state index contributed by atoms with van der Waals surface area (Å²) in [4.78, 5) is 20.6. The standard InChI is InChI=1S/C17H22N4O2/c1-3-5-10-18-17-19-11-13(12-20-17)16(22)21-14-8-6-7-9-15(14)23-4-2/h6-9,11-12H,3-5,10H2,1-2H3,(H,21,22)(H,18,19,20). The van der Waals surface area contributed by atoms with Crippen molar-refractivity contribution in [1.29, 1.82) is 0 Å². The van der Waals surface area contributed by atoms with Crippen molar-refractivity contribution in [2.75, 3.05) is 23.8 Å². The molecular formula is C17H22N4O2. The molecule has 2 aromatic rings. The van der Waals surface area contributed by atoms with E-state index in [1.54, 1.807) is 6.07 Å². The SMILES string of the molecule is CCCCNc1ncc(C(=O)Nc2ccccc2OCC)cn1. The summed E-state index contributed by atoms with van der Waals surface area (Å²) in [5.74, 6) is 0.907. The van der Waals surface area contributed by atoms with Crippen molar-refractivity contribution in [3.63, 3.8) is 0 Å². The van der Waals surface area contributed by atoms with Crippen LogP contribution in [0.5, 0.6) is 5.75 Å². The van der Waals surface area contributed by atoms with Crippen LogP contribution in [0, 0.1) is 0 Å². The highest BCUT2D eigenvalue weighted by atomic mass is 16.5. The van der Waals surface area contributed by atoms with Gasteiger partial charge in [-0.3, -0.25) is 4.79 Å². The topological polar surface area (TPSA) is 76.1 Å². The van der Waals surface area contributed by atoms with E-state index in [1.165, 1.54) is 12.4 Å². The molecule has 2 N–H and O–H groups in total. The quantitative estimate of drug-likeness (QED) is 0.731. The smallest absolute Gasteiger partial charge is 0.258 e. The Kier molecular flexibility index (Phi) is 6.35. The van der Waals surface area contributed by atoms with Gasteiger partial charge in [0.25, 0.3) is 5.91 Å². The Hall–Kier alpha value is -2.63. The largest absolute Gasteiger partial charge is 0.492 e. The Bertz CT molecular complexity index is 629. The summed E-state index contributed by atoms with van der Waals surface area (Å²) in [6.45, 7) is 5.38. The molecule has 23 heavy (non-hydrogen) atoms. The highest BCUT2D eigenvalue weighted by molar-refractivity contribution is 6.04. The molecule has 0 bridgehead atoms. The zero-order valence-corrected chi connectivity index (χ0v) is 13.5. The first-order valence-corrected chi connectivity index (χ1v) is 7.83. The fourth-order valence-corrected chi connectivity index (χ4v) is 1.96. The molecule has 0 radical (unpaired) electrons. The Balaban J connectivity index is 2.00. The molecule has 0 aliphatic heterocycles. The van der Waals surface area contributed by atoms with Crippen LogP contribution in [0.25, 0.3) is 0 Å². The fourth-order valence-electron chi connectivity index (χ4n) is 1.96. The number of aromatic nitrogens is 2. The second-order valence-corrected chi connectivity index (χ2v) is 4.96. The predicted octanol–water partition coefficient (Wildman–Crippen LogP) is 3.34. The van der Waals surface area contributed by atoms with Crippen LogP contribution < -0.4 is 15.4 Å². The van der Waals surface area contributed by atoms with Crippen molar-refractivity contribution < 1.29 is 9.53 Å². The number of nitrogens with zero attached hydrogens (tertiary/aromatic N) is 2. The lowest BCUT2D eigenvalue weighted by Gasteiger charge is -2.11. The first kappa shape index (κ1) is 16.7. The Morgan fingerprint density at radius 3 is 2.61 bits per heavy atom. The van der Waals surface area contributed by atoms with Crippen molar-refractivity contribution in [3.8, 4) is 5.75 Å². The van der Waals surface area contributed by atoms with Gasteiger partial charge in [0.15, 0.2) is 0 Å². The summed E-state index contributed by atoms with van der Waals surface area (Å²) in [5, 5.41) is 5.93. The number of carbonyl (C=O) groups excluding carboxylic acids is 1. The van der Waals surface area contributed by atoms with E-state index in [1.807, 2.05) is 25.1 Å². The molecule has 0 fully saturated rings. The third-order valence-corrected chi connectivity index (χ3v) is 3.16. The molecule has 0 saturated heterocycles. The molecule has 2 rings (SSSR count). The summed E-state index contributed by atoms with van der Waals surface area (Å²) in [6, 6.07) is 7.32. The minimum absolute atomic E-state index is 0.266. The van der Waals surface area contributed by atoms with Crippen LogP contribution in [0.2, 0.25) is 0 Å². The summed E-state index contributed by atoms with van der Waals surface area (Å²) in [7, 11) is 0. The molecule has 122 valence electrons. The third-order valence-electron chi connectivity index (χ3n) is 3.16. The third kappa shape index (κ3) is 4.95. The number of anilines is 2. The van der Waals surface area contributed by atoms with E-state index in [-0.39, 0.29) is 5.91 Å². The van der Waals surface area contributed by atoms with Crippen molar-refractivity contribution in [2.45, 2.75) is 26.7 Å². The Labute approximate surface area is 136 Å². The average Bonchev–Trinajstić information content (AvgIpc) is 2.58. The summed E-state index contributed by atoms with van der Waals surface area (Å²) < 4.78 is 5.49. The van der Waals surface area contributed by atoms with E-state index in [4.69, 9.17) is 4.74 Å². The molecule has 6 nitrogen and oxygen atoms in total. The minimum Gasteiger partial charge on any atom is -0.492 e. The van der Waals surface area contributed by atoms with Crippen molar-refractivity contribution >= 4 is 17.5 Å². The van der Waals surface area contributed by atoms with Crippen LogP contribution in [0.1, 0.15) is 37.0 Å². The molecule has 0 aliphatic carbocycles. The van der Waals surface area contributed by atoms with Crippen LogP contribution in [0.3, 0.4) is 0 Å². The fraction of sp³-hybridized carbons (Fsp3) is 0.353. The summed E-state index contributed by atoms with van der Waals surface area (Å²) >= 11 is 0. The van der Waals surface area contributed by atoms with Crippen LogP contribution in [-0.4, -0.2) is 29.0 Å². The molecule has 0 saturated carbocycles. The molecular weight excluding hydrogens is 292 g/mol. The van der Waals surface area contributed by atoms with Gasteiger partial charge in [-0.05, 0) is 25.5 Å². The lowest BCUT2D eigenvalue weighted by atomic mass is 10.2. The number of nitrogens with one attached hydrogen (secondary N) is 2. The van der Waals surface area contributed by atoms with E-state index in [9.17, 15) is 4.79 Å². The van der Waals surface area contributed by atoms with Gasteiger partial charge in [-0.1, -0.05) is 25.5 Å². The first-order valence-electron chi connectivity index (χ1n) is 7.83. The Morgan fingerprint density at radius 2 is 1.91 bits per heavy atom. The second kappa shape index (κ2) is 8.73. The number of unbranched alkanes of at least 4 members (excludes halogenated alkanes) is 1. The summed E-state index contributed by atoms with van der Waals surface area (Å²) in [6.07, 6.45) is 5.19. The number of ether oxygens (including phenoxy) is 1. The van der Waals surface area contributed by atoms with Crippen LogP contribution >= 0.6 is 0 Å². The van der Waals surface area contributed by atoms with Gasteiger partial charge in [-0.25, -0.2) is 9.97 Å². The molecule has 6 heteroatoms. The molecule has 1 amide bonds. The van der Waals surface area contributed by atoms with Crippen LogP contribution in [-0.2, 0) is 0 Å². The highest BCUT2D eigenvalue weighted by Crippen LogP contribution is 2.24. The number of rotatable bonds is 8. The van der Waals surface area contributed by atoms with Gasteiger partial charge in [0.1, 0.15) is 5.75 Å². The molecule has 0 unspecified atom stereocenters. The van der Waals surface area contributed by atoms with Gasteiger partial charge in [-0.2, -0.15) is 0 Å². The molecule has 0 atom stereocenters. The normalized spacial score (nSPS) is 10.2. The van der Waals surface area contributed by atoms with E-state index in [0.29, 0.717) is 29.6 Å². The van der Waals surface area contributed by atoms with Gasteiger partial charge >= 0.3 is 0 Å². The molecule has 1 aromatic carbocycles. The van der Waals surface area contributed by atoms with Crippen LogP contribution in [0.4, 0.5) is 11.6 Å². The second-order valence-electron chi connectivity index (χ2n) is 4.96. The van der Waals surface area contributed by atoms with Gasteiger partial charge in [0.05, 0.1) is 17.9 Å². The number of amides is 1. The van der Waals surface area contributed by atoms with E-state index in [0.717, 1.165) is 19.4 Å². The van der Waals surface area contributed by atoms with E-state index in [2.05, 4.69) is 27.5 Å². The van der Waals surface area contributed by atoms with Gasteiger partial charge < -0.3 is 15.4 Å². The monoisotopic (exact) mass is 314 g/mol. The van der Waals surface area contributed by atoms with Crippen molar-refractivity contribution in [2.24, 2.45) is 0 Å². The molecule has 0 aliphatic rings. The lowest BCUT2D eigenvalue weighted by molar-refractivity contribution is 0.102. The van der Waals surface area contributed by atoms with Gasteiger partial charge in [0, 0.05) is 18.9 Å². The van der Waals surface area contributed by atoms with Gasteiger partial charge in [-0.15, -0.1) is 0 Å². The van der Waals surface area contributed by atoms with Crippen molar-refractivity contribution in [3.05, 3.63) is 42.2 Å². The maximum absolute atomic E-state index is 12.3. The maximum Gasteiger partial charge on any atom is 0.258 e. The minimum atomic E-state index is -0.266. The van der Waals surface area contributed by atoms with E-state index < -0.39 is 0 Å². The molecule has 1 aromatic heterocycles. The average molecular weight is 314 g/mol. The van der Waals surface area contributed by atoms with E-state index >= 15 is 0 Å². The number of para-hydroxylation sites is 2. The summed E-state index contributed by atoms with van der Waals surface area (Å²) in [5.41, 5.74) is 1.03. The molecule has 1 heterocycles. The molecule has 0 spiro atoms. The number of carbonyl (C=O) groups is 1. The zero-order valence-electron chi connectivity index (χ0n) is 13.5. The predicted molar refractivity (Wildman–Crippen MR) is 91.0 cm³/mol. The Morgan fingerprint density at radius 1 is 1.17 bits per heavy atom. The van der Waals surface area contributed by atoms with Crippen molar-refractivity contribution in [1.82, 2.24) is 9.97 Å². The van der Waals surface area contributed by atoms with Gasteiger partial charge in [0.2, 0.25) is 5.95 Å². The number of hydrogen-bond donors (Lipinski definition) is 2.